The van der Waals surface area contributed by atoms with Crippen LogP contribution in [0.2, 0.25) is 0 Å². The molecule has 21 heavy (non-hydrogen) atoms. The van der Waals surface area contributed by atoms with Crippen LogP contribution in [0.5, 0.6) is 0 Å². The van der Waals surface area contributed by atoms with Crippen molar-refractivity contribution in [1.82, 2.24) is 0 Å². The minimum absolute atomic E-state index is 0.0756. The zero-order chi connectivity index (χ0) is 15.5. The summed E-state index contributed by atoms with van der Waals surface area (Å²) in [5.74, 6) is -0.0756. The molecule has 0 radical (unpaired) electrons. The molecule has 112 valence electrons. The summed E-state index contributed by atoms with van der Waals surface area (Å²) in [6.45, 7) is 4.14. The molecule has 0 amide bonds. The molecule has 2 aromatic rings. The van der Waals surface area contributed by atoms with Gasteiger partial charge >= 0.3 is 0 Å². The van der Waals surface area contributed by atoms with E-state index in [-0.39, 0.29) is 5.75 Å². The molecule has 0 saturated carbocycles. The quantitative estimate of drug-likeness (QED) is 0.892. The number of hydrogen-bond acceptors (Lipinski definition) is 3. The highest BCUT2D eigenvalue weighted by Crippen LogP contribution is 2.20. The second-order valence-electron chi connectivity index (χ2n) is 5.15. The lowest BCUT2D eigenvalue weighted by molar-refractivity contribution is 0.600. The van der Waals surface area contributed by atoms with Crippen molar-refractivity contribution in [3.05, 3.63) is 64.7 Å². The van der Waals surface area contributed by atoms with Gasteiger partial charge in [-0.1, -0.05) is 36.4 Å². The van der Waals surface area contributed by atoms with E-state index in [1.165, 1.54) is 0 Å². The normalized spacial score (nSPS) is 11.4. The summed E-state index contributed by atoms with van der Waals surface area (Å²) >= 11 is 0. The molecule has 2 rings (SSSR count). The van der Waals surface area contributed by atoms with E-state index in [2.05, 4.69) is 4.72 Å². The average molecular weight is 304 g/mol. The van der Waals surface area contributed by atoms with Gasteiger partial charge in [0, 0.05) is 6.54 Å². The molecule has 3 N–H and O–H groups in total. The van der Waals surface area contributed by atoms with Gasteiger partial charge in [0.05, 0.1) is 11.4 Å². The van der Waals surface area contributed by atoms with Crippen molar-refractivity contribution in [3.63, 3.8) is 0 Å². The van der Waals surface area contributed by atoms with E-state index >= 15 is 0 Å². The van der Waals surface area contributed by atoms with Gasteiger partial charge in [-0.05, 0) is 42.2 Å². The highest BCUT2D eigenvalue weighted by Gasteiger charge is 2.15. The van der Waals surface area contributed by atoms with Gasteiger partial charge < -0.3 is 5.73 Å². The van der Waals surface area contributed by atoms with E-state index < -0.39 is 10.0 Å². The zero-order valence-electron chi connectivity index (χ0n) is 12.3. The minimum Gasteiger partial charge on any atom is -0.326 e. The molecule has 0 aliphatic heterocycles. The summed E-state index contributed by atoms with van der Waals surface area (Å²) in [5.41, 5.74) is 9.77. The first-order valence-electron chi connectivity index (χ1n) is 6.76. The molecule has 2 aromatic carbocycles. The number of aryl methyl sites for hydroxylation is 2. The van der Waals surface area contributed by atoms with E-state index in [1.807, 2.05) is 50.2 Å². The van der Waals surface area contributed by atoms with Crippen molar-refractivity contribution in [2.45, 2.75) is 26.1 Å². The topological polar surface area (TPSA) is 72.2 Å². The molecule has 0 fully saturated rings. The first-order valence-corrected chi connectivity index (χ1v) is 8.41. The van der Waals surface area contributed by atoms with Crippen LogP contribution >= 0.6 is 0 Å². The van der Waals surface area contributed by atoms with E-state index in [1.54, 1.807) is 6.07 Å². The van der Waals surface area contributed by atoms with Gasteiger partial charge in [-0.15, -0.1) is 0 Å². The summed E-state index contributed by atoms with van der Waals surface area (Å²) in [5, 5.41) is 0. The molecule has 0 aliphatic carbocycles. The van der Waals surface area contributed by atoms with E-state index in [4.69, 9.17) is 5.73 Å². The van der Waals surface area contributed by atoms with Crippen LogP contribution in [0.15, 0.2) is 42.5 Å². The van der Waals surface area contributed by atoms with Crippen LogP contribution in [0, 0.1) is 13.8 Å². The second kappa shape index (κ2) is 6.28. The number of anilines is 1. The molecule has 4 nitrogen and oxygen atoms in total. The highest BCUT2D eigenvalue weighted by atomic mass is 32.2. The minimum atomic E-state index is -3.47. The SMILES string of the molecule is Cc1ccc(C)c(NS(=O)(=O)Cc2ccccc2CN)c1. The molecule has 0 aliphatic rings. The Morgan fingerprint density at radius 2 is 1.71 bits per heavy atom. The fraction of sp³-hybridized carbons (Fsp3) is 0.250. The maximum atomic E-state index is 12.3. The van der Waals surface area contributed by atoms with E-state index in [9.17, 15) is 8.42 Å². The van der Waals surface area contributed by atoms with E-state index in [0.29, 0.717) is 12.2 Å². The van der Waals surface area contributed by atoms with Crippen LogP contribution in [0.3, 0.4) is 0 Å². The molecule has 0 spiro atoms. The lowest BCUT2D eigenvalue weighted by Gasteiger charge is -2.13. The van der Waals surface area contributed by atoms with Crippen molar-refractivity contribution in [3.8, 4) is 0 Å². The third-order valence-electron chi connectivity index (χ3n) is 3.34. The molecule has 0 unspecified atom stereocenters. The second-order valence-corrected chi connectivity index (χ2v) is 6.87. The van der Waals surface area contributed by atoms with Gasteiger partial charge in [0.15, 0.2) is 0 Å². The predicted molar refractivity (Wildman–Crippen MR) is 86.5 cm³/mol. The number of nitrogens with two attached hydrogens (primary N) is 1. The Morgan fingerprint density at radius 1 is 1.05 bits per heavy atom. The van der Waals surface area contributed by atoms with Crippen LogP contribution < -0.4 is 10.5 Å². The maximum absolute atomic E-state index is 12.3. The number of rotatable bonds is 5. The first-order chi connectivity index (χ1) is 9.91. The summed E-state index contributed by atoms with van der Waals surface area (Å²) in [7, 11) is -3.47. The molecule has 5 heteroatoms. The van der Waals surface area contributed by atoms with Crippen LogP contribution in [0.25, 0.3) is 0 Å². The van der Waals surface area contributed by atoms with Crippen molar-refractivity contribution in [2.24, 2.45) is 5.73 Å². The maximum Gasteiger partial charge on any atom is 0.236 e. The van der Waals surface area contributed by atoms with Gasteiger partial charge in [-0.25, -0.2) is 8.42 Å². The lowest BCUT2D eigenvalue weighted by atomic mass is 10.1. The van der Waals surface area contributed by atoms with Crippen molar-refractivity contribution >= 4 is 15.7 Å². The fourth-order valence-corrected chi connectivity index (χ4v) is 3.47. The first kappa shape index (κ1) is 15.5. The summed E-state index contributed by atoms with van der Waals surface area (Å²) in [6.07, 6.45) is 0. The Kier molecular flexibility index (Phi) is 4.65. The Morgan fingerprint density at radius 3 is 2.38 bits per heavy atom. The molecule has 0 heterocycles. The van der Waals surface area contributed by atoms with Crippen molar-refractivity contribution in [2.75, 3.05) is 4.72 Å². The van der Waals surface area contributed by atoms with Crippen LogP contribution in [-0.2, 0) is 22.3 Å². The Labute approximate surface area is 126 Å². The summed E-state index contributed by atoms with van der Waals surface area (Å²) < 4.78 is 27.4. The Balaban J connectivity index is 2.25. The van der Waals surface area contributed by atoms with Crippen molar-refractivity contribution < 1.29 is 8.42 Å². The summed E-state index contributed by atoms with van der Waals surface area (Å²) in [4.78, 5) is 0. The zero-order valence-corrected chi connectivity index (χ0v) is 13.1. The van der Waals surface area contributed by atoms with Gasteiger partial charge in [0.1, 0.15) is 0 Å². The monoisotopic (exact) mass is 304 g/mol. The Bertz CT molecular complexity index is 740. The van der Waals surface area contributed by atoms with Gasteiger partial charge in [-0.3, -0.25) is 4.72 Å². The fourth-order valence-electron chi connectivity index (χ4n) is 2.15. The molecular formula is C16H20N2O2S. The lowest BCUT2D eigenvalue weighted by Crippen LogP contribution is -2.17. The van der Waals surface area contributed by atoms with Crippen LogP contribution in [0.4, 0.5) is 5.69 Å². The predicted octanol–water partition coefficient (Wildman–Crippen LogP) is 2.70. The molecule has 0 atom stereocenters. The molecule has 0 bridgehead atoms. The molecule has 0 saturated heterocycles. The number of hydrogen-bond donors (Lipinski definition) is 2. The van der Waals surface area contributed by atoms with Gasteiger partial charge in [0.2, 0.25) is 10.0 Å². The van der Waals surface area contributed by atoms with Crippen LogP contribution in [-0.4, -0.2) is 8.42 Å². The van der Waals surface area contributed by atoms with E-state index in [0.717, 1.165) is 22.3 Å². The standard InChI is InChI=1S/C16H20N2O2S/c1-12-7-8-13(2)16(9-12)18-21(19,20)11-15-6-4-3-5-14(15)10-17/h3-9,18H,10-11,17H2,1-2H3. The molecular weight excluding hydrogens is 284 g/mol. The van der Waals surface area contributed by atoms with Gasteiger partial charge in [0.25, 0.3) is 0 Å². The smallest absolute Gasteiger partial charge is 0.236 e. The summed E-state index contributed by atoms with van der Waals surface area (Å²) in [6, 6.07) is 13.0. The van der Waals surface area contributed by atoms with Gasteiger partial charge in [-0.2, -0.15) is 0 Å². The largest absolute Gasteiger partial charge is 0.326 e. The molecule has 0 aromatic heterocycles. The van der Waals surface area contributed by atoms with Crippen LogP contribution in [0.1, 0.15) is 22.3 Å². The number of sulfonamides is 1. The average Bonchev–Trinajstić information content (AvgIpc) is 2.43. The third-order valence-corrected chi connectivity index (χ3v) is 4.56. The third kappa shape index (κ3) is 4.06. The number of benzene rings is 2. The highest BCUT2D eigenvalue weighted by molar-refractivity contribution is 7.91. The van der Waals surface area contributed by atoms with Crippen molar-refractivity contribution in [1.29, 1.82) is 0 Å². The Hall–Kier alpha value is -1.85. The number of nitrogens with one attached hydrogen (secondary N) is 1.